The molecule has 1 aliphatic carbocycles. The molecule has 3 heterocycles. The van der Waals surface area contributed by atoms with E-state index in [2.05, 4.69) is 20.0 Å². The van der Waals surface area contributed by atoms with Gasteiger partial charge in [0, 0.05) is 49.6 Å². The fraction of sp³-hybridized carbons (Fsp3) is 0.560. The monoisotopic (exact) mass is 595 g/mol. The number of carbonyl (C=O) groups excluding carboxylic acids is 1. The summed E-state index contributed by atoms with van der Waals surface area (Å²) < 4.78 is 57.5. The second kappa shape index (κ2) is 10.1. The first-order valence-corrected chi connectivity index (χ1v) is 15.3. The summed E-state index contributed by atoms with van der Waals surface area (Å²) >= 11 is 0.632. The second-order valence-electron chi connectivity index (χ2n) is 11.0. The van der Waals surface area contributed by atoms with Gasteiger partial charge >= 0.3 is 0 Å². The summed E-state index contributed by atoms with van der Waals surface area (Å²) in [7, 11) is -2.58. The predicted octanol–water partition coefficient (Wildman–Crippen LogP) is 2.91. The maximum Gasteiger partial charge on any atom is 0.291 e. The van der Waals surface area contributed by atoms with E-state index in [-0.39, 0.29) is 44.2 Å². The summed E-state index contributed by atoms with van der Waals surface area (Å²) in [6.45, 7) is 8.50. The number of aromatic nitrogens is 4. The molecule has 1 aromatic carbocycles. The zero-order valence-corrected chi connectivity index (χ0v) is 24.4. The molecule has 0 bridgehead atoms. The Labute approximate surface area is 234 Å². The van der Waals surface area contributed by atoms with Gasteiger partial charge in [-0.05, 0) is 38.8 Å². The van der Waals surface area contributed by atoms with Crippen molar-refractivity contribution in [2.24, 2.45) is 13.0 Å². The van der Waals surface area contributed by atoms with Crippen molar-refractivity contribution in [1.29, 1.82) is 0 Å². The fourth-order valence-electron chi connectivity index (χ4n) is 4.91. The van der Waals surface area contributed by atoms with Crippen molar-refractivity contribution in [3.63, 3.8) is 0 Å². The van der Waals surface area contributed by atoms with Crippen molar-refractivity contribution >= 4 is 43.7 Å². The highest BCUT2D eigenvalue weighted by molar-refractivity contribution is 7.89. The molecular weight excluding hydrogens is 564 g/mol. The predicted molar refractivity (Wildman–Crippen MR) is 147 cm³/mol. The van der Waals surface area contributed by atoms with E-state index in [1.54, 1.807) is 4.90 Å². The average Bonchev–Trinajstić information content (AvgIpc) is 3.39. The van der Waals surface area contributed by atoms with Gasteiger partial charge in [0.2, 0.25) is 15.9 Å². The number of aryl methyl sites for hydroxylation is 1. The standard InChI is InChI=1S/C25H31F2N7O4S2/c1-13(2)23(35)34-9-8-33(12-14(34)3)17-11-15(40(37,38)31-25(4)6-7-25)10-16-18(17)24(36)32(5)30-19(16)21-28-29-22(39-21)20(26)27/h10-11,13-14,20,31H,6-9,12H2,1-5H3. The van der Waals surface area contributed by atoms with Crippen molar-refractivity contribution in [2.75, 3.05) is 24.5 Å². The fourth-order valence-corrected chi connectivity index (χ4v) is 7.12. The molecule has 3 aromatic rings. The van der Waals surface area contributed by atoms with Gasteiger partial charge in [-0.2, -0.15) is 5.10 Å². The molecule has 5 rings (SSSR count). The number of nitrogens with one attached hydrogen (secondary N) is 1. The van der Waals surface area contributed by atoms with E-state index in [1.807, 2.05) is 32.6 Å². The first kappa shape index (κ1) is 28.5. The van der Waals surface area contributed by atoms with E-state index in [1.165, 1.54) is 19.2 Å². The number of hydrogen-bond acceptors (Lipinski definition) is 9. The molecule has 0 radical (unpaired) electrons. The van der Waals surface area contributed by atoms with Gasteiger partial charge in [0.15, 0.2) is 10.0 Å². The number of rotatable bonds is 7. The lowest BCUT2D eigenvalue weighted by Crippen LogP contribution is -2.55. The van der Waals surface area contributed by atoms with E-state index in [0.29, 0.717) is 49.5 Å². The number of anilines is 1. The lowest BCUT2D eigenvalue weighted by molar-refractivity contribution is -0.136. The highest BCUT2D eigenvalue weighted by Gasteiger charge is 2.42. The lowest BCUT2D eigenvalue weighted by atomic mass is 10.0. The SMILES string of the molecule is CC(C)C(=O)N1CCN(c2cc(S(=O)(=O)NC3(C)CC3)cc3c(-c4nnc(C(F)F)s4)nn(C)c(=O)c23)CC1C. The largest absolute Gasteiger partial charge is 0.367 e. The van der Waals surface area contributed by atoms with E-state index >= 15 is 0 Å². The molecule has 1 saturated carbocycles. The Morgan fingerprint density at radius 1 is 1.20 bits per heavy atom. The van der Waals surface area contributed by atoms with Crippen LogP contribution in [0.1, 0.15) is 52.0 Å². The lowest BCUT2D eigenvalue weighted by Gasteiger charge is -2.42. The van der Waals surface area contributed by atoms with Crippen LogP contribution in [0.5, 0.6) is 0 Å². The van der Waals surface area contributed by atoms with E-state index in [0.717, 1.165) is 4.68 Å². The zero-order valence-electron chi connectivity index (χ0n) is 22.8. The van der Waals surface area contributed by atoms with E-state index in [4.69, 9.17) is 0 Å². The minimum Gasteiger partial charge on any atom is -0.367 e. The minimum atomic E-state index is -4.02. The van der Waals surface area contributed by atoms with Crippen LogP contribution < -0.4 is 15.2 Å². The molecule has 1 saturated heterocycles. The highest BCUT2D eigenvalue weighted by Crippen LogP contribution is 2.39. The number of amides is 1. The van der Waals surface area contributed by atoms with Gasteiger partial charge in [-0.3, -0.25) is 9.59 Å². The van der Waals surface area contributed by atoms with E-state index in [9.17, 15) is 26.8 Å². The Morgan fingerprint density at radius 3 is 2.48 bits per heavy atom. The topological polar surface area (TPSA) is 130 Å². The third-order valence-corrected chi connectivity index (χ3v) is 9.93. The van der Waals surface area contributed by atoms with Gasteiger partial charge in [-0.15, -0.1) is 10.2 Å². The minimum absolute atomic E-state index is 0.0173. The van der Waals surface area contributed by atoms with Gasteiger partial charge in [-0.1, -0.05) is 25.2 Å². The first-order chi connectivity index (χ1) is 18.7. The van der Waals surface area contributed by atoms with Gasteiger partial charge in [-0.25, -0.2) is 26.6 Å². The molecule has 0 spiro atoms. The molecule has 11 nitrogen and oxygen atoms in total. The number of benzene rings is 1. The number of piperazine rings is 1. The summed E-state index contributed by atoms with van der Waals surface area (Å²) in [5.41, 5.74) is -0.582. The molecule has 1 atom stereocenters. The normalized spacial score (nSPS) is 19.2. The molecule has 2 aliphatic rings. The van der Waals surface area contributed by atoms with E-state index < -0.39 is 32.6 Å². The van der Waals surface area contributed by atoms with Crippen LogP contribution in [0.2, 0.25) is 0 Å². The van der Waals surface area contributed by atoms with Gasteiger partial charge in [0.1, 0.15) is 5.69 Å². The third kappa shape index (κ3) is 5.21. The average molecular weight is 596 g/mol. The Hall–Kier alpha value is -3.04. The van der Waals surface area contributed by atoms with Gasteiger partial charge in [0.05, 0.1) is 16.0 Å². The Kier molecular flexibility index (Phi) is 7.19. The summed E-state index contributed by atoms with van der Waals surface area (Å²) in [5.74, 6) is -0.159. The molecule has 40 heavy (non-hydrogen) atoms. The molecule has 1 amide bonds. The number of carbonyl (C=O) groups is 1. The van der Waals surface area contributed by atoms with Crippen LogP contribution in [-0.4, -0.2) is 70.4 Å². The summed E-state index contributed by atoms with van der Waals surface area (Å²) in [4.78, 5) is 29.9. The number of alkyl halides is 2. The Morgan fingerprint density at radius 2 is 1.90 bits per heavy atom. The molecule has 15 heteroatoms. The zero-order chi connectivity index (χ0) is 29.1. The van der Waals surface area contributed by atoms with Crippen molar-refractivity contribution in [3.05, 3.63) is 27.5 Å². The molecular formula is C25H31F2N7O4S2. The van der Waals surface area contributed by atoms with Crippen LogP contribution in [-0.2, 0) is 21.9 Å². The van der Waals surface area contributed by atoms with Gasteiger partial charge < -0.3 is 9.80 Å². The quantitative estimate of drug-likeness (QED) is 0.441. The van der Waals surface area contributed by atoms with Crippen LogP contribution in [0.3, 0.4) is 0 Å². The molecule has 1 unspecified atom stereocenters. The Bertz CT molecular complexity index is 1650. The maximum atomic E-state index is 13.5. The smallest absolute Gasteiger partial charge is 0.291 e. The second-order valence-corrected chi connectivity index (χ2v) is 13.7. The molecule has 2 aromatic heterocycles. The molecule has 216 valence electrons. The van der Waals surface area contributed by atoms with Crippen molar-refractivity contribution < 1.29 is 22.0 Å². The van der Waals surface area contributed by atoms with Gasteiger partial charge in [0.25, 0.3) is 12.0 Å². The van der Waals surface area contributed by atoms with Crippen LogP contribution in [0, 0.1) is 5.92 Å². The summed E-state index contributed by atoms with van der Waals surface area (Å²) in [6.07, 6.45) is -1.44. The number of halogens is 2. The highest BCUT2D eigenvalue weighted by atomic mass is 32.2. The molecule has 1 N–H and O–H groups in total. The van der Waals surface area contributed by atoms with Crippen LogP contribution in [0.25, 0.3) is 21.5 Å². The van der Waals surface area contributed by atoms with Crippen molar-refractivity contribution in [1.82, 2.24) is 29.6 Å². The summed E-state index contributed by atoms with van der Waals surface area (Å²) in [5, 5.41) is 11.6. The van der Waals surface area contributed by atoms with Crippen LogP contribution >= 0.6 is 11.3 Å². The Balaban J connectivity index is 1.71. The number of nitrogens with zero attached hydrogens (tertiary/aromatic N) is 6. The number of hydrogen-bond donors (Lipinski definition) is 1. The number of fused-ring (bicyclic) bond motifs is 1. The van der Waals surface area contributed by atoms with Crippen molar-refractivity contribution in [3.8, 4) is 10.7 Å². The maximum absolute atomic E-state index is 13.5. The van der Waals surface area contributed by atoms with Crippen molar-refractivity contribution in [2.45, 2.75) is 63.4 Å². The number of sulfonamides is 1. The molecule has 1 aliphatic heterocycles. The first-order valence-electron chi connectivity index (χ1n) is 13.0. The van der Waals surface area contributed by atoms with Crippen LogP contribution in [0.4, 0.5) is 14.5 Å². The summed E-state index contributed by atoms with van der Waals surface area (Å²) in [6, 6.07) is 2.62. The molecule has 2 fully saturated rings. The third-order valence-electron chi connectivity index (χ3n) is 7.37. The van der Waals surface area contributed by atoms with Crippen LogP contribution in [0.15, 0.2) is 21.8 Å².